The van der Waals surface area contributed by atoms with Gasteiger partial charge in [-0.25, -0.2) is 13.9 Å². The van der Waals surface area contributed by atoms with Gasteiger partial charge in [-0.15, -0.1) is 0 Å². The van der Waals surface area contributed by atoms with E-state index < -0.39 is 24.3 Å². The lowest BCUT2D eigenvalue weighted by Crippen LogP contribution is -2.30. The molecule has 162 valence electrons. The van der Waals surface area contributed by atoms with E-state index in [1.165, 1.54) is 28.9 Å². The quantitative estimate of drug-likeness (QED) is 0.537. The molecule has 1 N–H and O–H groups in total. The van der Waals surface area contributed by atoms with E-state index in [2.05, 4.69) is 10.4 Å². The van der Waals surface area contributed by atoms with Gasteiger partial charge in [0, 0.05) is 6.54 Å². The van der Waals surface area contributed by atoms with Crippen LogP contribution in [0, 0.1) is 12.7 Å². The highest BCUT2D eigenvalue weighted by Gasteiger charge is 2.23. The van der Waals surface area contributed by atoms with Crippen molar-refractivity contribution in [3.8, 4) is 11.4 Å². The molecule has 0 atom stereocenters. The molecule has 1 amide bonds. The summed E-state index contributed by atoms with van der Waals surface area (Å²) in [7, 11) is 1.60. The number of carbonyl (C=O) groups excluding carboxylic acids is 2. The lowest BCUT2D eigenvalue weighted by Gasteiger charge is -2.07. The summed E-state index contributed by atoms with van der Waals surface area (Å²) in [5, 5.41) is 6.92. The Morgan fingerprint density at radius 2 is 1.81 bits per heavy atom. The molecule has 0 aliphatic rings. The van der Waals surface area contributed by atoms with Crippen molar-refractivity contribution in [1.29, 1.82) is 0 Å². The van der Waals surface area contributed by atoms with Crippen LogP contribution in [0.3, 0.4) is 0 Å². The first-order valence-corrected chi connectivity index (χ1v) is 9.84. The van der Waals surface area contributed by atoms with Crippen molar-refractivity contribution in [3.63, 3.8) is 0 Å². The molecule has 0 bridgehead atoms. The summed E-state index contributed by atoms with van der Waals surface area (Å²) in [6.45, 7) is 1.54. The molecule has 0 saturated carbocycles. The van der Waals surface area contributed by atoms with Gasteiger partial charge in [0.05, 0.1) is 18.5 Å². The molecule has 3 rings (SSSR count). The molecule has 7 nitrogen and oxygen atoms in total. The van der Waals surface area contributed by atoms with Crippen LogP contribution in [0.2, 0.25) is 5.15 Å². The van der Waals surface area contributed by atoms with E-state index >= 15 is 0 Å². The molecule has 0 fully saturated rings. The highest BCUT2D eigenvalue weighted by molar-refractivity contribution is 6.33. The molecule has 1 heterocycles. The fourth-order valence-electron chi connectivity index (χ4n) is 2.88. The van der Waals surface area contributed by atoms with E-state index in [9.17, 15) is 14.0 Å². The van der Waals surface area contributed by atoms with Crippen LogP contribution in [-0.2, 0) is 16.0 Å². The molecule has 0 saturated heterocycles. The first-order chi connectivity index (χ1) is 14.9. The second kappa shape index (κ2) is 10.1. The third-order valence-electron chi connectivity index (χ3n) is 4.51. The van der Waals surface area contributed by atoms with Crippen molar-refractivity contribution < 1.29 is 23.5 Å². The topological polar surface area (TPSA) is 82.4 Å². The standard InChI is InChI=1S/C22H21ClFN3O4/c1-14-20(21(23)27(26-14)17-7-5-16(24)6-8-17)22(29)31-13-19(28)25-12-11-15-3-9-18(30-2)10-4-15/h3-10H,11-13H2,1-2H3,(H,25,28). The Bertz CT molecular complexity index is 1070. The molecule has 0 radical (unpaired) electrons. The number of amides is 1. The summed E-state index contributed by atoms with van der Waals surface area (Å²) in [6, 6.07) is 13.0. The van der Waals surface area contributed by atoms with Crippen molar-refractivity contribution in [1.82, 2.24) is 15.1 Å². The number of rotatable bonds is 8. The second-order valence-corrected chi connectivity index (χ2v) is 7.02. The second-order valence-electron chi connectivity index (χ2n) is 6.66. The van der Waals surface area contributed by atoms with Gasteiger partial charge in [-0.3, -0.25) is 4.79 Å². The Morgan fingerprint density at radius 3 is 2.45 bits per heavy atom. The number of hydrogen-bond donors (Lipinski definition) is 1. The van der Waals surface area contributed by atoms with Gasteiger partial charge in [-0.1, -0.05) is 23.7 Å². The number of carbonyl (C=O) groups is 2. The maximum absolute atomic E-state index is 13.1. The Kier molecular flexibility index (Phi) is 7.25. The lowest BCUT2D eigenvalue weighted by atomic mass is 10.1. The van der Waals surface area contributed by atoms with Crippen molar-refractivity contribution in [2.24, 2.45) is 0 Å². The first-order valence-electron chi connectivity index (χ1n) is 9.47. The van der Waals surface area contributed by atoms with Gasteiger partial charge in [0.15, 0.2) is 6.61 Å². The van der Waals surface area contributed by atoms with Crippen molar-refractivity contribution in [2.75, 3.05) is 20.3 Å². The average molecular weight is 446 g/mol. The van der Waals surface area contributed by atoms with Crippen molar-refractivity contribution >= 4 is 23.5 Å². The molecule has 0 aliphatic carbocycles. The van der Waals surface area contributed by atoms with Gasteiger partial charge >= 0.3 is 5.97 Å². The summed E-state index contributed by atoms with van der Waals surface area (Å²) in [5.41, 5.74) is 1.91. The zero-order valence-electron chi connectivity index (χ0n) is 17.0. The number of methoxy groups -OCH3 is 1. The SMILES string of the molecule is COc1ccc(CCNC(=O)COC(=O)c2c(C)nn(-c3ccc(F)cc3)c2Cl)cc1. The largest absolute Gasteiger partial charge is 0.497 e. The molecular weight excluding hydrogens is 425 g/mol. The molecule has 9 heteroatoms. The first kappa shape index (κ1) is 22.3. The van der Waals surface area contributed by atoms with Crippen LogP contribution < -0.4 is 10.1 Å². The minimum absolute atomic E-state index is 0.0222. The van der Waals surface area contributed by atoms with Crippen molar-refractivity contribution in [3.05, 3.63) is 76.3 Å². The van der Waals surface area contributed by atoms with Gasteiger partial charge < -0.3 is 14.8 Å². The number of aryl methyl sites for hydroxylation is 1. The number of halogens is 2. The van der Waals surface area contributed by atoms with E-state index in [1.807, 2.05) is 24.3 Å². The number of ether oxygens (including phenoxy) is 2. The molecule has 31 heavy (non-hydrogen) atoms. The molecular formula is C22H21ClFN3O4. The predicted octanol–water partition coefficient (Wildman–Crippen LogP) is 3.50. The molecule has 0 unspecified atom stereocenters. The van der Waals surface area contributed by atoms with Crippen LogP contribution >= 0.6 is 11.6 Å². The maximum atomic E-state index is 13.1. The molecule has 3 aromatic rings. The number of benzene rings is 2. The monoisotopic (exact) mass is 445 g/mol. The average Bonchev–Trinajstić information content (AvgIpc) is 3.07. The van der Waals surface area contributed by atoms with E-state index in [1.54, 1.807) is 14.0 Å². The van der Waals surface area contributed by atoms with Crippen molar-refractivity contribution in [2.45, 2.75) is 13.3 Å². The zero-order chi connectivity index (χ0) is 22.4. The van der Waals surface area contributed by atoms with E-state index in [4.69, 9.17) is 21.1 Å². The van der Waals surface area contributed by atoms with E-state index in [0.717, 1.165) is 11.3 Å². The number of esters is 1. The Balaban J connectivity index is 1.53. The Hall–Kier alpha value is -3.39. The summed E-state index contributed by atoms with van der Waals surface area (Å²) in [5.74, 6) is -0.833. The summed E-state index contributed by atoms with van der Waals surface area (Å²) in [6.07, 6.45) is 0.624. The third-order valence-corrected chi connectivity index (χ3v) is 4.86. The highest BCUT2D eigenvalue weighted by atomic mass is 35.5. The van der Waals surface area contributed by atoms with Gasteiger partial charge in [0.1, 0.15) is 22.3 Å². The maximum Gasteiger partial charge on any atom is 0.343 e. The van der Waals surface area contributed by atoms with Gasteiger partial charge in [-0.05, 0) is 55.3 Å². The van der Waals surface area contributed by atoms with E-state index in [0.29, 0.717) is 24.3 Å². The smallest absolute Gasteiger partial charge is 0.343 e. The molecule has 2 aromatic carbocycles. The molecule has 1 aromatic heterocycles. The molecule has 0 aliphatic heterocycles. The van der Waals surface area contributed by atoms with Gasteiger partial charge in [0.2, 0.25) is 0 Å². The minimum Gasteiger partial charge on any atom is -0.497 e. The predicted molar refractivity (Wildman–Crippen MR) is 113 cm³/mol. The summed E-state index contributed by atoms with van der Waals surface area (Å²) < 4.78 is 24.6. The summed E-state index contributed by atoms with van der Waals surface area (Å²) in [4.78, 5) is 24.4. The van der Waals surface area contributed by atoms with Crippen LogP contribution in [0.1, 0.15) is 21.6 Å². The van der Waals surface area contributed by atoms with Crippen LogP contribution in [0.4, 0.5) is 4.39 Å². The number of nitrogens with one attached hydrogen (secondary N) is 1. The number of nitrogens with zero attached hydrogens (tertiary/aromatic N) is 2. The fourth-order valence-corrected chi connectivity index (χ4v) is 3.23. The highest BCUT2D eigenvalue weighted by Crippen LogP contribution is 2.24. The molecule has 0 spiro atoms. The Labute approximate surface area is 183 Å². The van der Waals surface area contributed by atoms with Crippen LogP contribution in [0.5, 0.6) is 5.75 Å². The Morgan fingerprint density at radius 1 is 1.13 bits per heavy atom. The van der Waals surface area contributed by atoms with Crippen LogP contribution in [-0.4, -0.2) is 41.9 Å². The van der Waals surface area contributed by atoms with Gasteiger partial charge in [0.25, 0.3) is 5.91 Å². The normalized spacial score (nSPS) is 10.6. The van der Waals surface area contributed by atoms with Crippen LogP contribution in [0.25, 0.3) is 5.69 Å². The third kappa shape index (κ3) is 5.61. The lowest BCUT2D eigenvalue weighted by molar-refractivity contribution is -0.124. The fraction of sp³-hybridized carbons (Fsp3) is 0.227. The number of hydrogen-bond acceptors (Lipinski definition) is 5. The van der Waals surface area contributed by atoms with Crippen LogP contribution in [0.15, 0.2) is 48.5 Å². The van der Waals surface area contributed by atoms with Gasteiger partial charge in [-0.2, -0.15) is 5.10 Å². The summed E-state index contributed by atoms with van der Waals surface area (Å²) >= 11 is 6.28. The zero-order valence-corrected chi connectivity index (χ0v) is 17.8. The van der Waals surface area contributed by atoms with E-state index in [-0.39, 0.29) is 10.7 Å². The number of aromatic nitrogens is 2. The minimum atomic E-state index is -0.763.